The maximum absolute atomic E-state index is 4.24. The summed E-state index contributed by atoms with van der Waals surface area (Å²) in [5.74, 6) is 0. The molecule has 0 spiro atoms. The number of hydrogen-bond acceptors (Lipinski definition) is 2. The van der Waals surface area contributed by atoms with Crippen molar-refractivity contribution in [1.82, 2.24) is 14.9 Å². The third-order valence-corrected chi connectivity index (χ3v) is 3.43. The van der Waals surface area contributed by atoms with Crippen molar-refractivity contribution < 1.29 is 0 Å². The number of aromatic nitrogens is 2. The molecule has 0 bridgehead atoms. The van der Waals surface area contributed by atoms with Crippen molar-refractivity contribution in [2.24, 2.45) is 0 Å². The SMILES string of the molecule is CN(C)C(c1cccnc1)c1c[nH]c2ccccc12. The molecule has 19 heavy (non-hydrogen) atoms. The fourth-order valence-electron chi connectivity index (χ4n) is 2.61. The van der Waals surface area contributed by atoms with Crippen molar-refractivity contribution in [3.05, 3.63) is 66.1 Å². The highest BCUT2D eigenvalue weighted by Crippen LogP contribution is 2.31. The molecule has 2 heterocycles. The molecule has 0 aliphatic carbocycles. The molecule has 1 atom stereocenters. The van der Waals surface area contributed by atoms with Gasteiger partial charge in [0.2, 0.25) is 0 Å². The van der Waals surface area contributed by atoms with E-state index in [9.17, 15) is 0 Å². The zero-order valence-electron chi connectivity index (χ0n) is 11.2. The number of H-pyrrole nitrogens is 1. The highest BCUT2D eigenvalue weighted by Gasteiger charge is 2.19. The first kappa shape index (κ1) is 11.9. The Kier molecular flexibility index (Phi) is 3.05. The van der Waals surface area contributed by atoms with E-state index >= 15 is 0 Å². The molecule has 0 aliphatic rings. The number of rotatable bonds is 3. The summed E-state index contributed by atoms with van der Waals surface area (Å²) in [5.41, 5.74) is 3.67. The number of pyridine rings is 1. The number of aromatic amines is 1. The van der Waals surface area contributed by atoms with E-state index in [0.29, 0.717) is 0 Å². The van der Waals surface area contributed by atoms with Crippen LogP contribution in [-0.4, -0.2) is 29.0 Å². The van der Waals surface area contributed by atoms with Crippen LogP contribution in [0.25, 0.3) is 10.9 Å². The second kappa shape index (κ2) is 4.86. The molecule has 0 saturated heterocycles. The van der Waals surface area contributed by atoms with Gasteiger partial charge < -0.3 is 4.98 Å². The molecule has 0 radical (unpaired) electrons. The van der Waals surface area contributed by atoms with E-state index in [1.807, 2.05) is 18.5 Å². The standard InChI is InChI=1S/C16H17N3/c1-19(2)16(12-6-5-9-17-10-12)14-11-18-15-8-4-3-7-13(14)15/h3-11,16,18H,1-2H3. The Balaban J connectivity index is 2.16. The average molecular weight is 251 g/mol. The smallest absolute Gasteiger partial charge is 0.0633 e. The van der Waals surface area contributed by atoms with Crippen LogP contribution in [0.4, 0.5) is 0 Å². The van der Waals surface area contributed by atoms with Gasteiger partial charge in [0.15, 0.2) is 0 Å². The van der Waals surface area contributed by atoms with E-state index in [0.717, 1.165) is 0 Å². The topological polar surface area (TPSA) is 31.9 Å². The van der Waals surface area contributed by atoms with E-state index in [4.69, 9.17) is 0 Å². The van der Waals surface area contributed by atoms with Gasteiger partial charge in [0.1, 0.15) is 0 Å². The van der Waals surface area contributed by atoms with Crippen LogP contribution in [0, 0.1) is 0 Å². The summed E-state index contributed by atoms with van der Waals surface area (Å²) in [5, 5.41) is 1.27. The first-order valence-electron chi connectivity index (χ1n) is 6.40. The van der Waals surface area contributed by atoms with Crippen LogP contribution in [0.3, 0.4) is 0 Å². The molecule has 3 rings (SSSR count). The molecule has 0 amide bonds. The minimum atomic E-state index is 0.213. The van der Waals surface area contributed by atoms with E-state index in [1.54, 1.807) is 0 Å². The van der Waals surface area contributed by atoms with Gasteiger partial charge in [-0.3, -0.25) is 9.88 Å². The van der Waals surface area contributed by atoms with Crippen molar-refractivity contribution in [2.75, 3.05) is 14.1 Å². The van der Waals surface area contributed by atoms with Gasteiger partial charge in [-0.2, -0.15) is 0 Å². The Morgan fingerprint density at radius 2 is 1.95 bits per heavy atom. The third kappa shape index (κ3) is 2.13. The Bertz CT molecular complexity index is 671. The minimum Gasteiger partial charge on any atom is -0.361 e. The average Bonchev–Trinajstić information content (AvgIpc) is 2.84. The quantitative estimate of drug-likeness (QED) is 0.775. The van der Waals surface area contributed by atoms with Crippen molar-refractivity contribution >= 4 is 10.9 Å². The lowest BCUT2D eigenvalue weighted by molar-refractivity contribution is 0.343. The number of fused-ring (bicyclic) bond motifs is 1. The lowest BCUT2D eigenvalue weighted by Crippen LogP contribution is -2.20. The molecule has 0 saturated carbocycles. The first-order valence-corrected chi connectivity index (χ1v) is 6.40. The lowest BCUT2D eigenvalue weighted by atomic mass is 9.99. The summed E-state index contributed by atoms with van der Waals surface area (Å²) < 4.78 is 0. The molecule has 3 heteroatoms. The summed E-state index contributed by atoms with van der Waals surface area (Å²) in [7, 11) is 4.19. The fraction of sp³-hybridized carbons (Fsp3) is 0.188. The normalized spacial score (nSPS) is 13.0. The van der Waals surface area contributed by atoms with E-state index in [1.165, 1.54) is 22.0 Å². The number of nitrogens with zero attached hydrogens (tertiary/aromatic N) is 2. The lowest BCUT2D eigenvalue weighted by Gasteiger charge is -2.24. The molecule has 1 unspecified atom stereocenters. The molecular weight excluding hydrogens is 234 g/mol. The first-order chi connectivity index (χ1) is 9.27. The highest BCUT2D eigenvalue weighted by molar-refractivity contribution is 5.84. The Morgan fingerprint density at radius 1 is 1.11 bits per heavy atom. The van der Waals surface area contributed by atoms with Crippen LogP contribution in [-0.2, 0) is 0 Å². The molecule has 1 aromatic carbocycles. The molecule has 96 valence electrons. The van der Waals surface area contributed by atoms with Gasteiger partial charge >= 0.3 is 0 Å². The summed E-state index contributed by atoms with van der Waals surface area (Å²) in [6.45, 7) is 0. The Labute approximate surface area is 112 Å². The molecule has 2 aromatic heterocycles. The predicted octanol–water partition coefficient (Wildman–Crippen LogP) is 3.21. The second-order valence-electron chi connectivity index (χ2n) is 4.94. The summed E-state index contributed by atoms with van der Waals surface area (Å²) >= 11 is 0. The number of nitrogens with one attached hydrogen (secondary N) is 1. The van der Waals surface area contributed by atoms with Gasteiger partial charge in [-0.25, -0.2) is 0 Å². The van der Waals surface area contributed by atoms with Crippen LogP contribution < -0.4 is 0 Å². The van der Waals surface area contributed by atoms with Crippen LogP contribution in [0.5, 0.6) is 0 Å². The molecule has 3 aromatic rings. The van der Waals surface area contributed by atoms with Gasteiger partial charge in [0, 0.05) is 29.5 Å². The number of hydrogen-bond donors (Lipinski definition) is 1. The number of para-hydroxylation sites is 1. The monoisotopic (exact) mass is 251 g/mol. The van der Waals surface area contributed by atoms with Gasteiger partial charge in [0.05, 0.1) is 6.04 Å². The van der Waals surface area contributed by atoms with E-state index < -0.39 is 0 Å². The Hall–Kier alpha value is -2.13. The number of benzene rings is 1. The highest BCUT2D eigenvalue weighted by atomic mass is 15.1. The van der Waals surface area contributed by atoms with E-state index in [2.05, 4.69) is 65.5 Å². The van der Waals surface area contributed by atoms with Crippen LogP contribution in [0.1, 0.15) is 17.2 Å². The largest absolute Gasteiger partial charge is 0.361 e. The summed E-state index contributed by atoms with van der Waals surface area (Å²) in [6, 6.07) is 12.7. The second-order valence-corrected chi connectivity index (χ2v) is 4.94. The van der Waals surface area contributed by atoms with Crippen molar-refractivity contribution in [2.45, 2.75) is 6.04 Å². The summed E-state index contributed by atoms with van der Waals surface area (Å²) in [4.78, 5) is 9.80. The molecule has 0 aliphatic heterocycles. The van der Waals surface area contributed by atoms with Crippen molar-refractivity contribution in [3.63, 3.8) is 0 Å². The molecule has 1 N–H and O–H groups in total. The van der Waals surface area contributed by atoms with Gasteiger partial charge in [-0.05, 0) is 37.4 Å². The van der Waals surface area contributed by atoms with Gasteiger partial charge in [-0.1, -0.05) is 24.3 Å². The molecular formula is C16H17N3. The maximum atomic E-state index is 4.24. The van der Waals surface area contributed by atoms with Crippen molar-refractivity contribution in [1.29, 1.82) is 0 Å². The molecule has 0 fully saturated rings. The predicted molar refractivity (Wildman–Crippen MR) is 78.1 cm³/mol. The van der Waals surface area contributed by atoms with Crippen LogP contribution in [0.15, 0.2) is 55.0 Å². The van der Waals surface area contributed by atoms with Crippen LogP contribution >= 0.6 is 0 Å². The van der Waals surface area contributed by atoms with E-state index in [-0.39, 0.29) is 6.04 Å². The summed E-state index contributed by atoms with van der Waals surface area (Å²) in [6.07, 6.45) is 5.85. The minimum absolute atomic E-state index is 0.213. The van der Waals surface area contributed by atoms with Gasteiger partial charge in [0.25, 0.3) is 0 Å². The fourth-order valence-corrected chi connectivity index (χ4v) is 2.61. The van der Waals surface area contributed by atoms with Gasteiger partial charge in [-0.15, -0.1) is 0 Å². The zero-order valence-corrected chi connectivity index (χ0v) is 11.2. The maximum Gasteiger partial charge on any atom is 0.0633 e. The van der Waals surface area contributed by atoms with Crippen molar-refractivity contribution in [3.8, 4) is 0 Å². The zero-order chi connectivity index (χ0) is 13.2. The van der Waals surface area contributed by atoms with Crippen LogP contribution in [0.2, 0.25) is 0 Å². The Morgan fingerprint density at radius 3 is 2.68 bits per heavy atom. The molecule has 3 nitrogen and oxygen atoms in total. The third-order valence-electron chi connectivity index (χ3n) is 3.43.